The van der Waals surface area contributed by atoms with Gasteiger partial charge in [0.25, 0.3) is 0 Å². The zero-order chi connectivity index (χ0) is 20.2. The third kappa shape index (κ3) is 4.64. The van der Waals surface area contributed by atoms with Crippen molar-refractivity contribution in [2.45, 2.75) is 12.1 Å². The van der Waals surface area contributed by atoms with Gasteiger partial charge in [-0.3, -0.25) is 9.89 Å². The Morgan fingerprint density at radius 3 is 2.83 bits per heavy atom. The Balaban J connectivity index is 1.41. The predicted octanol–water partition coefficient (Wildman–Crippen LogP) is 3.75. The second kappa shape index (κ2) is 8.46. The highest BCUT2D eigenvalue weighted by atomic mass is 35.5. The SMILES string of the molecule is Cc1ccc(-c2nc(SCC(=O)Nc3cc(Cl)ccc3-n3cncn3)n[nH]2)cc1. The van der Waals surface area contributed by atoms with E-state index in [0.717, 1.165) is 5.56 Å². The number of aromatic nitrogens is 6. The van der Waals surface area contributed by atoms with Gasteiger partial charge in [0.1, 0.15) is 12.7 Å². The van der Waals surface area contributed by atoms with Crippen molar-refractivity contribution in [3.63, 3.8) is 0 Å². The lowest BCUT2D eigenvalue weighted by atomic mass is 10.1. The van der Waals surface area contributed by atoms with E-state index in [-0.39, 0.29) is 11.7 Å². The molecule has 0 spiro atoms. The summed E-state index contributed by atoms with van der Waals surface area (Å²) >= 11 is 7.32. The van der Waals surface area contributed by atoms with Crippen molar-refractivity contribution in [3.8, 4) is 17.1 Å². The minimum Gasteiger partial charge on any atom is -0.323 e. The van der Waals surface area contributed by atoms with Crippen LogP contribution >= 0.6 is 23.4 Å². The molecule has 0 radical (unpaired) electrons. The van der Waals surface area contributed by atoms with Gasteiger partial charge in [0, 0.05) is 10.6 Å². The first kappa shape index (κ1) is 19.2. The number of nitrogens with zero attached hydrogens (tertiary/aromatic N) is 5. The summed E-state index contributed by atoms with van der Waals surface area (Å²) in [4.78, 5) is 20.8. The molecule has 29 heavy (non-hydrogen) atoms. The number of hydrogen-bond donors (Lipinski definition) is 2. The molecule has 0 aliphatic heterocycles. The van der Waals surface area contributed by atoms with Crippen LogP contribution in [0.15, 0.2) is 60.3 Å². The Hall–Kier alpha value is -3.17. The second-order valence-electron chi connectivity index (χ2n) is 6.17. The van der Waals surface area contributed by atoms with Crippen LogP contribution in [0.5, 0.6) is 0 Å². The summed E-state index contributed by atoms with van der Waals surface area (Å²) in [5, 5.41) is 15.0. The van der Waals surface area contributed by atoms with Gasteiger partial charge in [0.15, 0.2) is 5.82 Å². The number of thioether (sulfide) groups is 1. The summed E-state index contributed by atoms with van der Waals surface area (Å²) in [7, 11) is 0. The highest BCUT2D eigenvalue weighted by molar-refractivity contribution is 7.99. The molecule has 2 N–H and O–H groups in total. The van der Waals surface area contributed by atoms with Crippen molar-refractivity contribution in [3.05, 3.63) is 65.7 Å². The van der Waals surface area contributed by atoms with E-state index < -0.39 is 0 Å². The maximum Gasteiger partial charge on any atom is 0.234 e. The molecule has 2 heterocycles. The number of halogens is 1. The van der Waals surface area contributed by atoms with Gasteiger partial charge in [0.2, 0.25) is 11.1 Å². The van der Waals surface area contributed by atoms with Crippen LogP contribution in [0.1, 0.15) is 5.56 Å². The van der Waals surface area contributed by atoms with Crippen molar-refractivity contribution in [1.82, 2.24) is 29.9 Å². The van der Waals surface area contributed by atoms with E-state index in [1.807, 2.05) is 31.2 Å². The van der Waals surface area contributed by atoms with Crippen molar-refractivity contribution < 1.29 is 4.79 Å². The molecule has 0 saturated carbocycles. The molecule has 0 aliphatic rings. The summed E-state index contributed by atoms with van der Waals surface area (Å²) in [6.07, 6.45) is 2.97. The lowest BCUT2D eigenvalue weighted by molar-refractivity contribution is -0.113. The minimum absolute atomic E-state index is 0.147. The number of carbonyl (C=O) groups excluding carboxylic acids is 1. The van der Waals surface area contributed by atoms with Gasteiger partial charge in [-0.25, -0.2) is 14.6 Å². The average molecular weight is 426 g/mol. The Labute approximate surface area is 175 Å². The first-order valence-corrected chi connectivity index (χ1v) is 10.0. The number of rotatable bonds is 6. The number of benzene rings is 2. The fraction of sp³-hybridized carbons (Fsp3) is 0.105. The fourth-order valence-corrected chi connectivity index (χ4v) is 3.38. The standard InChI is InChI=1S/C19H16ClN7OS/c1-12-2-4-13(5-3-12)18-24-19(26-25-18)29-9-17(28)23-15-8-14(20)6-7-16(15)27-11-21-10-22-27/h2-8,10-11H,9H2,1H3,(H,23,28)(H,24,25,26). The molecule has 0 unspecified atom stereocenters. The van der Waals surface area contributed by atoms with Crippen LogP contribution in [-0.4, -0.2) is 41.6 Å². The van der Waals surface area contributed by atoms with Gasteiger partial charge >= 0.3 is 0 Å². The van der Waals surface area contributed by atoms with Gasteiger partial charge in [-0.2, -0.15) is 5.10 Å². The first-order chi connectivity index (χ1) is 14.1. The Morgan fingerprint density at radius 2 is 2.07 bits per heavy atom. The number of H-pyrrole nitrogens is 1. The third-order valence-corrected chi connectivity index (χ3v) is 5.10. The van der Waals surface area contributed by atoms with E-state index in [1.165, 1.54) is 23.7 Å². The Morgan fingerprint density at radius 1 is 1.24 bits per heavy atom. The van der Waals surface area contributed by atoms with Crippen molar-refractivity contribution >= 4 is 35.0 Å². The maximum absolute atomic E-state index is 12.4. The van der Waals surface area contributed by atoms with E-state index in [4.69, 9.17) is 11.6 Å². The van der Waals surface area contributed by atoms with Crippen LogP contribution in [0.4, 0.5) is 5.69 Å². The number of aromatic amines is 1. The molecular weight excluding hydrogens is 410 g/mol. The van der Waals surface area contributed by atoms with Crippen molar-refractivity contribution in [2.24, 2.45) is 0 Å². The lowest BCUT2D eigenvalue weighted by Crippen LogP contribution is -2.16. The molecule has 2 aromatic heterocycles. The molecule has 10 heteroatoms. The Bertz CT molecular complexity index is 1130. The van der Waals surface area contributed by atoms with Gasteiger partial charge in [-0.1, -0.05) is 53.2 Å². The molecule has 0 aliphatic carbocycles. The van der Waals surface area contributed by atoms with E-state index in [9.17, 15) is 4.79 Å². The molecule has 0 atom stereocenters. The van der Waals surface area contributed by atoms with E-state index >= 15 is 0 Å². The van der Waals surface area contributed by atoms with Crippen molar-refractivity contribution in [1.29, 1.82) is 0 Å². The second-order valence-corrected chi connectivity index (χ2v) is 7.55. The molecule has 8 nitrogen and oxygen atoms in total. The number of hydrogen-bond acceptors (Lipinski definition) is 6. The van der Waals surface area contributed by atoms with E-state index in [1.54, 1.807) is 29.2 Å². The van der Waals surface area contributed by atoms with Crippen LogP contribution in [-0.2, 0) is 4.79 Å². The molecule has 0 fully saturated rings. The molecule has 4 rings (SSSR count). The van der Waals surface area contributed by atoms with Crippen LogP contribution < -0.4 is 5.32 Å². The number of aryl methyl sites for hydroxylation is 1. The summed E-state index contributed by atoms with van der Waals surface area (Å²) in [5.74, 6) is 0.602. The molecule has 1 amide bonds. The van der Waals surface area contributed by atoms with Crippen molar-refractivity contribution in [2.75, 3.05) is 11.1 Å². The summed E-state index contributed by atoms with van der Waals surface area (Å²) in [6, 6.07) is 13.1. The smallest absolute Gasteiger partial charge is 0.234 e. The molecule has 4 aromatic rings. The highest BCUT2D eigenvalue weighted by Crippen LogP contribution is 2.25. The maximum atomic E-state index is 12.4. The highest BCUT2D eigenvalue weighted by Gasteiger charge is 2.12. The first-order valence-electron chi connectivity index (χ1n) is 8.65. The normalized spacial score (nSPS) is 10.8. The topological polar surface area (TPSA) is 101 Å². The zero-order valence-electron chi connectivity index (χ0n) is 15.3. The fourth-order valence-electron chi connectivity index (χ4n) is 2.61. The third-order valence-electron chi connectivity index (χ3n) is 4.02. The van der Waals surface area contributed by atoms with Crippen LogP contribution in [0.3, 0.4) is 0 Å². The predicted molar refractivity (Wildman–Crippen MR) is 112 cm³/mol. The monoisotopic (exact) mass is 425 g/mol. The number of nitrogens with one attached hydrogen (secondary N) is 2. The summed E-state index contributed by atoms with van der Waals surface area (Å²) < 4.78 is 1.56. The molecular formula is C19H16ClN7OS. The number of amides is 1. The lowest BCUT2D eigenvalue weighted by Gasteiger charge is -2.11. The number of anilines is 1. The summed E-state index contributed by atoms with van der Waals surface area (Å²) in [5.41, 5.74) is 3.33. The molecule has 146 valence electrons. The van der Waals surface area contributed by atoms with Gasteiger partial charge in [0.05, 0.1) is 17.1 Å². The number of carbonyl (C=O) groups is 1. The zero-order valence-corrected chi connectivity index (χ0v) is 16.9. The van der Waals surface area contributed by atoms with Gasteiger partial charge < -0.3 is 5.32 Å². The minimum atomic E-state index is -0.208. The Kier molecular flexibility index (Phi) is 5.59. The summed E-state index contributed by atoms with van der Waals surface area (Å²) in [6.45, 7) is 2.03. The molecule has 2 aromatic carbocycles. The molecule has 0 bridgehead atoms. The van der Waals surface area contributed by atoms with Crippen LogP contribution in [0, 0.1) is 6.92 Å². The van der Waals surface area contributed by atoms with E-state index in [0.29, 0.717) is 27.4 Å². The van der Waals surface area contributed by atoms with Crippen LogP contribution in [0.25, 0.3) is 17.1 Å². The van der Waals surface area contributed by atoms with E-state index in [2.05, 4.69) is 30.6 Å². The largest absolute Gasteiger partial charge is 0.323 e. The van der Waals surface area contributed by atoms with Crippen LogP contribution in [0.2, 0.25) is 5.02 Å². The average Bonchev–Trinajstić information content (AvgIpc) is 3.39. The quantitative estimate of drug-likeness (QED) is 0.456. The van der Waals surface area contributed by atoms with Gasteiger partial charge in [-0.15, -0.1) is 5.10 Å². The molecule has 0 saturated heterocycles. The van der Waals surface area contributed by atoms with Gasteiger partial charge in [-0.05, 0) is 25.1 Å².